The molecule has 2 aromatic carbocycles. The number of para-hydroxylation sites is 4. The maximum absolute atomic E-state index is 12.5. The molecule has 0 atom stereocenters. The van der Waals surface area contributed by atoms with Crippen LogP contribution in [0.5, 0.6) is 11.5 Å². The number of hydrogen-bond donors (Lipinski definition) is 1. The van der Waals surface area contributed by atoms with Crippen LogP contribution in [0, 0.1) is 0 Å². The Bertz CT molecular complexity index is 855. The highest BCUT2D eigenvalue weighted by Crippen LogP contribution is 2.29. The van der Waals surface area contributed by atoms with Gasteiger partial charge >= 0.3 is 0 Å². The van der Waals surface area contributed by atoms with Crippen LogP contribution in [-0.4, -0.2) is 57.1 Å². The molecular formula is C22H27N3O4. The molecule has 2 amide bonds. The molecule has 0 aromatic heterocycles. The van der Waals surface area contributed by atoms with Gasteiger partial charge in [-0.05, 0) is 37.7 Å². The molecule has 29 heavy (non-hydrogen) atoms. The number of benzene rings is 2. The molecular weight excluding hydrogens is 370 g/mol. The summed E-state index contributed by atoms with van der Waals surface area (Å²) in [4.78, 5) is 28.2. The summed E-state index contributed by atoms with van der Waals surface area (Å²) in [5.74, 6) is 1.32. The van der Waals surface area contributed by atoms with Crippen molar-refractivity contribution in [3.8, 4) is 11.5 Å². The molecule has 0 saturated carbocycles. The number of amides is 2. The number of carbonyl (C=O) groups is 2. The van der Waals surface area contributed by atoms with Gasteiger partial charge in [0.25, 0.3) is 0 Å². The monoisotopic (exact) mass is 397 g/mol. The van der Waals surface area contributed by atoms with E-state index in [0.29, 0.717) is 43.3 Å². The first kappa shape index (κ1) is 20.7. The summed E-state index contributed by atoms with van der Waals surface area (Å²) in [5.41, 5.74) is 1.41. The SMILES string of the molecule is COc1ccccc1OCCN(C)CC(=O)Nc1ccccc1N1CCCC1=O. The van der Waals surface area contributed by atoms with Crippen molar-refractivity contribution < 1.29 is 19.1 Å². The molecule has 0 unspecified atom stereocenters. The van der Waals surface area contributed by atoms with Crippen LogP contribution in [0.2, 0.25) is 0 Å². The molecule has 7 nitrogen and oxygen atoms in total. The lowest BCUT2D eigenvalue weighted by atomic mass is 10.2. The van der Waals surface area contributed by atoms with Gasteiger partial charge in [-0.1, -0.05) is 24.3 Å². The number of nitrogens with zero attached hydrogens (tertiary/aromatic N) is 2. The van der Waals surface area contributed by atoms with Gasteiger partial charge in [0.2, 0.25) is 11.8 Å². The van der Waals surface area contributed by atoms with E-state index >= 15 is 0 Å². The summed E-state index contributed by atoms with van der Waals surface area (Å²) in [5, 5.41) is 2.93. The number of likely N-dealkylation sites (N-methyl/N-ethyl adjacent to an activating group) is 1. The van der Waals surface area contributed by atoms with Gasteiger partial charge in [0.05, 0.1) is 25.0 Å². The van der Waals surface area contributed by atoms with E-state index in [9.17, 15) is 9.59 Å². The molecule has 0 aliphatic carbocycles. The average Bonchev–Trinajstić information content (AvgIpc) is 3.14. The van der Waals surface area contributed by atoms with Gasteiger partial charge in [0, 0.05) is 19.5 Å². The van der Waals surface area contributed by atoms with E-state index < -0.39 is 0 Å². The maximum Gasteiger partial charge on any atom is 0.238 e. The van der Waals surface area contributed by atoms with Gasteiger partial charge < -0.3 is 19.7 Å². The lowest BCUT2D eigenvalue weighted by Crippen LogP contribution is -2.33. The highest BCUT2D eigenvalue weighted by molar-refractivity contribution is 6.02. The van der Waals surface area contributed by atoms with Crippen LogP contribution in [0.3, 0.4) is 0 Å². The second-order valence-electron chi connectivity index (χ2n) is 6.95. The summed E-state index contributed by atoms with van der Waals surface area (Å²) in [6, 6.07) is 14.9. The van der Waals surface area contributed by atoms with E-state index in [-0.39, 0.29) is 18.4 Å². The number of anilines is 2. The topological polar surface area (TPSA) is 71.1 Å². The highest BCUT2D eigenvalue weighted by atomic mass is 16.5. The summed E-state index contributed by atoms with van der Waals surface area (Å²) in [7, 11) is 3.47. The molecule has 1 fully saturated rings. The first-order chi connectivity index (χ1) is 14.1. The van der Waals surface area contributed by atoms with Crippen LogP contribution in [0.4, 0.5) is 11.4 Å². The lowest BCUT2D eigenvalue weighted by Gasteiger charge is -2.21. The number of nitrogens with one attached hydrogen (secondary N) is 1. The number of methoxy groups -OCH3 is 1. The molecule has 3 rings (SSSR count). The highest BCUT2D eigenvalue weighted by Gasteiger charge is 2.24. The second kappa shape index (κ2) is 9.93. The van der Waals surface area contributed by atoms with Gasteiger partial charge in [0.1, 0.15) is 6.61 Å². The predicted octanol–water partition coefficient (Wildman–Crippen LogP) is 2.77. The average molecular weight is 397 g/mol. The molecule has 0 spiro atoms. The molecule has 1 saturated heterocycles. The number of carbonyl (C=O) groups excluding carboxylic acids is 2. The van der Waals surface area contributed by atoms with E-state index in [1.165, 1.54) is 0 Å². The largest absolute Gasteiger partial charge is 0.493 e. The summed E-state index contributed by atoms with van der Waals surface area (Å²) < 4.78 is 11.0. The van der Waals surface area contributed by atoms with Crippen molar-refractivity contribution in [1.82, 2.24) is 4.90 Å². The third-order valence-electron chi connectivity index (χ3n) is 4.76. The van der Waals surface area contributed by atoms with Crippen LogP contribution in [0.1, 0.15) is 12.8 Å². The Morgan fingerprint density at radius 1 is 1.14 bits per heavy atom. The van der Waals surface area contributed by atoms with Crippen LogP contribution in [-0.2, 0) is 9.59 Å². The van der Waals surface area contributed by atoms with Crippen molar-refractivity contribution in [2.45, 2.75) is 12.8 Å². The molecule has 1 heterocycles. The fourth-order valence-electron chi connectivity index (χ4n) is 3.28. The van der Waals surface area contributed by atoms with Gasteiger partial charge in [-0.3, -0.25) is 14.5 Å². The summed E-state index contributed by atoms with van der Waals surface area (Å²) >= 11 is 0. The van der Waals surface area contributed by atoms with Crippen molar-refractivity contribution in [2.75, 3.05) is 50.6 Å². The quantitative estimate of drug-likeness (QED) is 0.705. The number of ether oxygens (including phenoxy) is 2. The van der Waals surface area contributed by atoms with E-state index in [0.717, 1.165) is 12.1 Å². The Morgan fingerprint density at radius 3 is 2.59 bits per heavy atom. The van der Waals surface area contributed by atoms with Gasteiger partial charge in [-0.15, -0.1) is 0 Å². The zero-order valence-corrected chi connectivity index (χ0v) is 16.9. The molecule has 1 aliphatic heterocycles. The second-order valence-corrected chi connectivity index (χ2v) is 6.95. The normalized spacial score (nSPS) is 13.6. The predicted molar refractivity (Wildman–Crippen MR) is 113 cm³/mol. The van der Waals surface area contributed by atoms with E-state index in [1.807, 2.05) is 60.5 Å². The minimum absolute atomic E-state index is 0.0947. The first-order valence-electron chi connectivity index (χ1n) is 9.72. The van der Waals surface area contributed by atoms with Gasteiger partial charge in [-0.25, -0.2) is 0 Å². The van der Waals surface area contributed by atoms with Crippen molar-refractivity contribution in [1.29, 1.82) is 0 Å². The first-order valence-corrected chi connectivity index (χ1v) is 9.72. The fraction of sp³-hybridized carbons (Fsp3) is 0.364. The van der Waals surface area contributed by atoms with Crippen LogP contribution in [0.25, 0.3) is 0 Å². The van der Waals surface area contributed by atoms with E-state index in [1.54, 1.807) is 12.0 Å². The third kappa shape index (κ3) is 5.48. The van der Waals surface area contributed by atoms with Crippen molar-refractivity contribution >= 4 is 23.2 Å². The Balaban J connectivity index is 1.50. The maximum atomic E-state index is 12.5. The molecule has 0 bridgehead atoms. The Kier molecular flexibility index (Phi) is 7.08. The minimum atomic E-state index is -0.135. The molecule has 7 heteroatoms. The van der Waals surface area contributed by atoms with Crippen LogP contribution >= 0.6 is 0 Å². The number of hydrogen-bond acceptors (Lipinski definition) is 5. The van der Waals surface area contributed by atoms with Crippen molar-refractivity contribution in [3.63, 3.8) is 0 Å². The molecule has 154 valence electrons. The van der Waals surface area contributed by atoms with Crippen molar-refractivity contribution in [2.24, 2.45) is 0 Å². The van der Waals surface area contributed by atoms with E-state index in [2.05, 4.69) is 5.32 Å². The summed E-state index contributed by atoms with van der Waals surface area (Å²) in [6.45, 7) is 1.92. The van der Waals surface area contributed by atoms with Gasteiger partial charge in [0.15, 0.2) is 11.5 Å². The molecule has 1 N–H and O–H groups in total. The molecule has 0 radical (unpaired) electrons. The van der Waals surface area contributed by atoms with E-state index in [4.69, 9.17) is 9.47 Å². The molecule has 1 aliphatic rings. The van der Waals surface area contributed by atoms with Gasteiger partial charge in [-0.2, -0.15) is 0 Å². The standard InChI is InChI=1S/C22H27N3O4/c1-24(14-15-29-20-11-6-5-10-19(20)28-2)16-21(26)23-17-8-3-4-9-18(17)25-13-7-12-22(25)27/h3-6,8-11H,7,12-16H2,1-2H3,(H,23,26). The smallest absolute Gasteiger partial charge is 0.238 e. The summed E-state index contributed by atoms with van der Waals surface area (Å²) in [6.07, 6.45) is 1.40. The molecule has 2 aromatic rings. The number of rotatable bonds is 9. The minimum Gasteiger partial charge on any atom is -0.493 e. The van der Waals surface area contributed by atoms with Crippen molar-refractivity contribution in [3.05, 3.63) is 48.5 Å². The zero-order valence-electron chi connectivity index (χ0n) is 16.9. The van der Waals surface area contributed by atoms with Crippen LogP contribution in [0.15, 0.2) is 48.5 Å². The lowest BCUT2D eigenvalue weighted by molar-refractivity contribution is -0.118. The van der Waals surface area contributed by atoms with Crippen LogP contribution < -0.4 is 19.7 Å². The Morgan fingerprint density at radius 2 is 1.86 bits per heavy atom. The Hall–Kier alpha value is -3.06. The third-order valence-corrected chi connectivity index (χ3v) is 4.76. The fourth-order valence-corrected chi connectivity index (χ4v) is 3.28. The zero-order chi connectivity index (χ0) is 20.6. The Labute approximate surface area is 171 Å².